The van der Waals surface area contributed by atoms with Crippen molar-refractivity contribution in [2.75, 3.05) is 6.54 Å². The molecule has 0 aliphatic carbocycles. The highest BCUT2D eigenvalue weighted by molar-refractivity contribution is 7.12. The molecule has 0 saturated heterocycles. The standard InChI is InChI=1S/C13H10ClNO2S/c14-10-5-3-9(4-6-10)13(17)15-8-11(16)12-2-1-7-18-12/h1-7H,8H2,(H,15,17). The fraction of sp³-hybridized carbons (Fsp3) is 0.0769. The van der Waals surface area contributed by atoms with E-state index in [-0.39, 0.29) is 18.2 Å². The van der Waals surface area contributed by atoms with E-state index >= 15 is 0 Å². The lowest BCUT2D eigenvalue weighted by atomic mass is 10.2. The number of carbonyl (C=O) groups is 2. The van der Waals surface area contributed by atoms with E-state index in [9.17, 15) is 9.59 Å². The minimum Gasteiger partial charge on any atom is -0.345 e. The molecule has 18 heavy (non-hydrogen) atoms. The predicted octanol–water partition coefficient (Wildman–Crippen LogP) is 3.01. The van der Waals surface area contributed by atoms with Gasteiger partial charge < -0.3 is 5.32 Å². The van der Waals surface area contributed by atoms with Crippen LogP contribution in [0.3, 0.4) is 0 Å². The topological polar surface area (TPSA) is 46.2 Å². The highest BCUT2D eigenvalue weighted by atomic mass is 35.5. The van der Waals surface area contributed by atoms with Gasteiger partial charge in [-0.25, -0.2) is 0 Å². The van der Waals surface area contributed by atoms with Crippen molar-refractivity contribution in [2.24, 2.45) is 0 Å². The number of benzene rings is 1. The second-order valence-electron chi connectivity index (χ2n) is 3.59. The van der Waals surface area contributed by atoms with E-state index in [1.807, 2.05) is 5.38 Å². The summed E-state index contributed by atoms with van der Waals surface area (Å²) in [5.74, 6) is -0.371. The van der Waals surface area contributed by atoms with E-state index in [4.69, 9.17) is 11.6 Å². The molecule has 0 aliphatic rings. The second kappa shape index (κ2) is 5.80. The van der Waals surface area contributed by atoms with Gasteiger partial charge in [-0.1, -0.05) is 17.7 Å². The number of rotatable bonds is 4. The molecule has 5 heteroatoms. The Labute approximate surface area is 113 Å². The van der Waals surface area contributed by atoms with Crippen molar-refractivity contribution in [1.29, 1.82) is 0 Å². The maximum atomic E-state index is 11.7. The molecule has 0 bridgehead atoms. The summed E-state index contributed by atoms with van der Waals surface area (Å²) in [5.41, 5.74) is 0.485. The van der Waals surface area contributed by atoms with Gasteiger partial charge in [0.05, 0.1) is 11.4 Å². The molecule has 0 unspecified atom stereocenters. The molecule has 1 N–H and O–H groups in total. The zero-order valence-electron chi connectivity index (χ0n) is 9.35. The van der Waals surface area contributed by atoms with E-state index in [0.29, 0.717) is 15.5 Å². The fourth-order valence-corrected chi connectivity index (χ4v) is 2.18. The minimum absolute atomic E-state index is 0.00196. The monoisotopic (exact) mass is 279 g/mol. The van der Waals surface area contributed by atoms with Crippen LogP contribution in [0.1, 0.15) is 20.0 Å². The Morgan fingerprint density at radius 3 is 2.50 bits per heavy atom. The van der Waals surface area contributed by atoms with Crippen LogP contribution in [0, 0.1) is 0 Å². The summed E-state index contributed by atoms with van der Waals surface area (Å²) in [4.78, 5) is 24.0. The van der Waals surface area contributed by atoms with Gasteiger partial charge in [-0.05, 0) is 35.7 Å². The Kier molecular flexibility index (Phi) is 4.12. The smallest absolute Gasteiger partial charge is 0.251 e. The van der Waals surface area contributed by atoms with Crippen molar-refractivity contribution in [2.45, 2.75) is 0 Å². The molecule has 1 amide bonds. The minimum atomic E-state index is -0.281. The Hall–Kier alpha value is -1.65. The van der Waals surface area contributed by atoms with Gasteiger partial charge in [0.15, 0.2) is 5.78 Å². The number of amides is 1. The first kappa shape index (κ1) is 12.8. The Morgan fingerprint density at radius 1 is 1.17 bits per heavy atom. The van der Waals surface area contributed by atoms with Crippen LogP contribution in [0.2, 0.25) is 5.02 Å². The lowest BCUT2D eigenvalue weighted by molar-refractivity contribution is 0.0905. The highest BCUT2D eigenvalue weighted by Gasteiger charge is 2.10. The molecule has 1 heterocycles. The summed E-state index contributed by atoms with van der Waals surface area (Å²) in [6.45, 7) is 0.00196. The molecular weight excluding hydrogens is 270 g/mol. The van der Waals surface area contributed by atoms with Gasteiger partial charge in [-0.15, -0.1) is 11.3 Å². The maximum absolute atomic E-state index is 11.7. The quantitative estimate of drug-likeness (QED) is 0.875. The van der Waals surface area contributed by atoms with Gasteiger partial charge in [0.2, 0.25) is 0 Å². The van der Waals surface area contributed by atoms with Gasteiger partial charge in [0.1, 0.15) is 0 Å². The SMILES string of the molecule is O=C(NCC(=O)c1cccs1)c1ccc(Cl)cc1. The summed E-state index contributed by atoms with van der Waals surface area (Å²) >= 11 is 7.09. The van der Waals surface area contributed by atoms with Gasteiger partial charge >= 0.3 is 0 Å². The van der Waals surface area contributed by atoms with Gasteiger partial charge in [-0.3, -0.25) is 9.59 Å². The molecule has 2 rings (SSSR count). The van der Waals surface area contributed by atoms with E-state index in [1.165, 1.54) is 11.3 Å². The molecule has 2 aromatic rings. The molecule has 0 atom stereocenters. The first-order chi connectivity index (χ1) is 8.66. The summed E-state index contributed by atoms with van der Waals surface area (Å²) in [7, 11) is 0. The number of carbonyl (C=O) groups excluding carboxylic acids is 2. The number of thiophene rings is 1. The van der Waals surface area contributed by atoms with Crippen LogP contribution in [0.15, 0.2) is 41.8 Å². The van der Waals surface area contributed by atoms with Crippen molar-refractivity contribution in [3.05, 3.63) is 57.2 Å². The number of hydrogen-bond acceptors (Lipinski definition) is 3. The molecule has 1 aromatic heterocycles. The first-order valence-corrected chi connectivity index (χ1v) is 6.53. The van der Waals surface area contributed by atoms with Crippen molar-refractivity contribution in [3.63, 3.8) is 0 Å². The van der Waals surface area contributed by atoms with Gasteiger partial charge in [-0.2, -0.15) is 0 Å². The fourth-order valence-electron chi connectivity index (χ4n) is 1.39. The Morgan fingerprint density at radius 2 is 1.89 bits per heavy atom. The van der Waals surface area contributed by atoms with E-state index < -0.39 is 0 Å². The number of halogens is 1. The van der Waals surface area contributed by atoms with Crippen LogP contribution in [-0.4, -0.2) is 18.2 Å². The zero-order valence-corrected chi connectivity index (χ0v) is 10.9. The van der Waals surface area contributed by atoms with Gasteiger partial charge in [0.25, 0.3) is 5.91 Å². The molecule has 1 aromatic carbocycles. The second-order valence-corrected chi connectivity index (χ2v) is 4.97. The third-order valence-electron chi connectivity index (χ3n) is 2.31. The number of Topliss-reactive ketones (excluding diaryl/α,β-unsaturated/α-hetero) is 1. The summed E-state index contributed by atoms with van der Waals surface area (Å²) in [6, 6.07) is 10.1. The van der Waals surface area contributed by atoms with E-state index in [2.05, 4.69) is 5.32 Å². The number of ketones is 1. The summed E-state index contributed by atoms with van der Waals surface area (Å²) < 4.78 is 0. The maximum Gasteiger partial charge on any atom is 0.251 e. The largest absolute Gasteiger partial charge is 0.345 e. The van der Waals surface area contributed by atoms with Crippen LogP contribution in [0.5, 0.6) is 0 Å². The van der Waals surface area contributed by atoms with Crippen molar-refractivity contribution in [1.82, 2.24) is 5.32 Å². The van der Waals surface area contributed by atoms with E-state index in [0.717, 1.165) is 0 Å². The number of nitrogens with one attached hydrogen (secondary N) is 1. The van der Waals surface area contributed by atoms with Gasteiger partial charge in [0, 0.05) is 10.6 Å². The highest BCUT2D eigenvalue weighted by Crippen LogP contribution is 2.10. The van der Waals surface area contributed by atoms with Crippen LogP contribution in [-0.2, 0) is 0 Å². The lowest BCUT2D eigenvalue weighted by Crippen LogP contribution is -2.29. The lowest BCUT2D eigenvalue weighted by Gasteiger charge is -2.03. The van der Waals surface area contributed by atoms with Crippen LogP contribution < -0.4 is 5.32 Å². The normalized spacial score (nSPS) is 10.1. The van der Waals surface area contributed by atoms with E-state index in [1.54, 1.807) is 36.4 Å². The van der Waals surface area contributed by atoms with Crippen LogP contribution in [0.25, 0.3) is 0 Å². The third kappa shape index (κ3) is 3.18. The zero-order chi connectivity index (χ0) is 13.0. The molecule has 0 aliphatic heterocycles. The average Bonchev–Trinajstić information content (AvgIpc) is 2.90. The van der Waals surface area contributed by atoms with Crippen LogP contribution in [0.4, 0.5) is 0 Å². The Balaban J connectivity index is 1.92. The molecule has 92 valence electrons. The summed E-state index contributed by atoms with van der Waals surface area (Å²) in [5, 5.41) is 4.98. The van der Waals surface area contributed by atoms with Crippen molar-refractivity contribution in [3.8, 4) is 0 Å². The first-order valence-electron chi connectivity index (χ1n) is 5.27. The molecule has 3 nitrogen and oxygen atoms in total. The van der Waals surface area contributed by atoms with Crippen molar-refractivity contribution >= 4 is 34.6 Å². The van der Waals surface area contributed by atoms with Crippen molar-refractivity contribution < 1.29 is 9.59 Å². The Bertz CT molecular complexity index is 549. The molecule has 0 radical (unpaired) electrons. The number of hydrogen-bond donors (Lipinski definition) is 1. The molecule has 0 saturated carbocycles. The predicted molar refractivity (Wildman–Crippen MR) is 72.4 cm³/mol. The molecule has 0 fully saturated rings. The van der Waals surface area contributed by atoms with Crippen LogP contribution >= 0.6 is 22.9 Å². The third-order valence-corrected chi connectivity index (χ3v) is 3.47. The molecular formula is C13H10ClNO2S. The average molecular weight is 280 g/mol. The molecule has 0 spiro atoms. The summed E-state index contributed by atoms with van der Waals surface area (Å²) in [6.07, 6.45) is 0.